The molecule has 1 saturated carbocycles. The van der Waals surface area contributed by atoms with Crippen LogP contribution in [0, 0.1) is 12.8 Å². The van der Waals surface area contributed by atoms with E-state index in [4.69, 9.17) is 4.74 Å². The third kappa shape index (κ3) is 3.48. The van der Waals surface area contributed by atoms with Crippen LogP contribution in [0.1, 0.15) is 35.2 Å². The smallest absolute Gasteiger partial charge is 0.340 e. The molecule has 2 aromatic heterocycles. The van der Waals surface area contributed by atoms with Crippen molar-refractivity contribution in [2.75, 3.05) is 7.11 Å². The van der Waals surface area contributed by atoms with Gasteiger partial charge in [-0.05, 0) is 37.5 Å². The van der Waals surface area contributed by atoms with Crippen LogP contribution in [0.5, 0.6) is 0 Å². The summed E-state index contributed by atoms with van der Waals surface area (Å²) in [6.07, 6.45) is 5.89. The number of aryl methyl sites for hydroxylation is 2. The van der Waals surface area contributed by atoms with E-state index in [1.165, 1.54) is 42.3 Å². The standard InChI is InChI=1S/C21H22N2O5S/c1-14-3-7-16(8-4-14)29(26,27)23-12-10-17-18(21(25)28-2)13-22(20(24)19(17)23)11-9-15-5-6-15/h3-4,7-8,10,12-13,15H,5-6,9,11H2,1-2H3. The molecule has 1 fully saturated rings. The third-order valence-electron chi connectivity index (χ3n) is 5.35. The number of esters is 1. The molecular weight excluding hydrogens is 392 g/mol. The molecule has 0 spiro atoms. The van der Waals surface area contributed by atoms with Gasteiger partial charge in [0, 0.05) is 24.3 Å². The van der Waals surface area contributed by atoms with Crippen LogP contribution >= 0.6 is 0 Å². The van der Waals surface area contributed by atoms with Gasteiger partial charge in [-0.25, -0.2) is 17.2 Å². The van der Waals surface area contributed by atoms with Gasteiger partial charge in [0.25, 0.3) is 15.6 Å². The molecule has 7 nitrogen and oxygen atoms in total. The Kier molecular flexibility index (Phi) is 4.82. The van der Waals surface area contributed by atoms with Crippen molar-refractivity contribution in [3.8, 4) is 0 Å². The lowest BCUT2D eigenvalue weighted by atomic mass is 10.2. The monoisotopic (exact) mass is 414 g/mol. The summed E-state index contributed by atoms with van der Waals surface area (Å²) in [6, 6.07) is 7.89. The molecule has 8 heteroatoms. The van der Waals surface area contributed by atoms with E-state index in [1.807, 2.05) is 6.92 Å². The number of carbonyl (C=O) groups excluding carboxylic acids is 1. The fourth-order valence-electron chi connectivity index (χ4n) is 3.45. The van der Waals surface area contributed by atoms with Crippen molar-refractivity contribution < 1.29 is 17.9 Å². The third-order valence-corrected chi connectivity index (χ3v) is 7.04. The number of hydrogen-bond donors (Lipinski definition) is 0. The van der Waals surface area contributed by atoms with Crippen molar-refractivity contribution in [2.45, 2.75) is 37.6 Å². The Hall–Kier alpha value is -2.87. The van der Waals surface area contributed by atoms with Crippen molar-refractivity contribution in [2.24, 2.45) is 5.92 Å². The molecule has 1 aromatic carbocycles. The predicted octanol–water partition coefficient (Wildman–Crippen LogP) is 2.94. The Bertz CT molecular complexity index is 1250. The number of hydrogen-bond acceptors (Lipinski definition) is 5. The molecule has 0 N–H and O–H groups in total. The van der Waals surface area contributed by atoms with Gasteiger partial charge in [0.2, 0.25) is 0 Å². The van der Waals surface area contributed by atoms with Crippen LogP contribution < -0.4 is 5.56 Å². The van der Waals surface area contributed by atoms with Gasteiger partial charge < -0.3 is 9.30 Å². The fourth-order valence-corrected chi connectivity index (χ4v) is 4.80. The summed E-state index contributed by atoms with van der Waals surface area (Å²) in [7, 11) is -2.74. The van der Waals surface area contributed by atoms with Gasteiger partial charge in [-0.1, -0.05) is 30.5 Å². The number of nitrogens with zero attached hydrogens (tertiary/aromatic N) is 2. The maximum absolute atomic E-state index is 13.2. The summed E-state index contributed by atoms with van der Waals surface area (Å²) in [5.74, 6) is -0.0251. The van der Waals surface area contributed by atoms with E-state index in [-0.39, 0.29) is 21.4 Å². The molecule has 1 aliphatic carbocycles. The summed E-state index contributed by atoms with van der Waals surface area (Å²) in [5.41, 5.74) is 0.630. The predicted molar refractivity (Wildman–Crippen MR) is 109 cm³/mol. The zero-order valence-electron chi connectivity index (χ0n) is 16.3. The lowest BCUT2D eigenvalue weighted by Crippen LogP contribution is -2.26. The number of methoxy groups -OCH3 is 1. The molecular formula is C21H22N2O5S. The largest absolute Gasteiger partial charge is 0.465 e. The zero-order chi connectivity index (χ0) is 20.8. The van der Waals surface area contributed by atoms with Crippen LogP contribution in [0.3, 0.4) is 0 Å². The molecule has 0 saturated heterocycles. The first-order valence-corrected chi connectivity index (χ1v) is 10.9. The molecule has 0 amide bonds. The second-order valence-electron chi connectivity index (χ2n) is 7.46. The van der Waals surface area contributed by atoms with Crippen LogP contribution in [-0.2, 0) is 21.3 Å². The fraction of sp³-hybridized carbons (Fsp3) is 0.333. The lowest BCUT2D eigenvalue weighted by molar-refractivity contribution is 0.0602. The van der Waals surface area contributed by atoms with Crippen LogP contribution in [0.15, 0.2) is 52.4 Å². The van der Waals surface area contributed by atoms with E-state index in [1.54, 1.807) is 12.1 Å². The van der Waals surface area contributed by atoms with Crippen LogP contribution in [0.25, 0.3) is 10.9 Å². The summed E-state index contributed by atoms with van der Waals surface area (Å²) >= 11 is 0. The number of rotatable bonds is 6. The van der Waals surface area contributed by atoms with Gasteiger partial charge in [-0.15, -0.1) is 0 Å². The summed E-state index contributed by atoms with van der Waals surface area (Å²) in [6.45, 7) is 2.29. The molecule has 2 heterocycles. The van der Waals surface area contributed by atoms with Crippen molar-refractivity contribution in [3.63, 3.8) is 0 Å². The Morgan fingerprint density at radius 2 is 1.86 bits per heavy atom. The van der Waals surface area contributed by atoms with Crippen molar-refractivity contribution in [1.29, 1.82) is 0 Å². The summed E-state index contributed by atoms with van der Waals surface area (Å²) in [4.78, 5) is 25.6. The highest BCUT2D eigenvalue weighted by atomic mass is 32.2. The molecule has 29 heavy (non-hydrogen) atoms. The van der Waals surface area contributed by atoms with E-state index in [0.717, 1.165) is 28.8 Å². The first-order chi connectivity index (χ1) is 13.8. The Morgan fingerprint density at radius 3 is 2.48 bits per heavy atom. The minimum absolute atomic E-state index is 0.0377. The van der Waals surface area contributed by atoms with Crippen LogP contribution in [0.2, 0.25) is 0 Å². The number of ether oxygens (including phenoxy) is 1. The van der Waals surface area contributed by atoms with Crippen LogP contribution in [0.4, 0.5) is 0 Å². The second kappa shape index (κ2) is 7.18. The topological polar surface area (TPSA) is 87.4 Å². The van der Waals surface area contributed by atoms with E-state index < -0.39 is 21.6 Å². The minimum Gasteiger partial charge on any atom is -0.465 e. The average Bonchev–Trinajstić information content (AvgIpc) is 3.42. The van der Waals surface area contributed by atoms with Gasteiger partial charge in [-0.3, -0.25) is 4.79 Å². The Labute approximate surface area is 168 Å². The number of carbonyl (C=O) groups is 1. The minimum atomic E-state index is -4.00. The van der Waals surface area contributed by atoms with Gasteiger partial charge >= 0.3 is 5.97 Å². The molecule has 152 valence electrons. The Morgan fingerprint density at radius 1 is 1.17 bits per heavy atom. The highest BCUT2D eigenvalue weighted by molar-refractivity contribution is 7.90. The summed E-state index contributed by atoms with van der Waals surface area (Å²) < 4.78 is 33.7. The normalized spacial score (nSPS) is 14.3. The molecule has 1 aliphatic rings. The van der Waals surface area contributed by atoms with Crippen molar-refractivity contribution >= 4 is 26.9 Å². The maximum Gasteiger partial charge on any atom is 0.340 e. The second-order valence-corrected chi connectivity index (χ2v) is 9.27. The molecule has 0 aliphatic heterocycles. The summed E-state index contributed by atoms with van der Waals surface area (Å²) in [5, 5.41) is 0.264. The first-order valence-electron chi connectivity index (χ1n) is 9.48. The molecule has 0 radical (unpaired) electrons. The molecule has 0 bridgehead atoms. The number of aromatic nitrogens is 2. The number of benzene rings is 1. The van der Waals surface area contributed by atoms with Crippen LogP contribution in [-0.4, -0.2) is 30.0 Å². The van der Waals surface area contributed by atoms with Crippen molar-refractivity contribution in [3.05, 3.63) is 64.2 Å². The molecule has 0 unspecified atom stereocenters. The Balaban J connectivity index is 1.93. The SMILES string of the molecule is COC(=O)c1cn(CCC2CC2)c(=O)c2c1ccn2S(=O)(=O)c1ccc(C)cc1. The first kappa shape index (κ1) is 19.4. The van der Waals surface area contributed by atoms with Gasteiger partial charge in [-0.2, -0.15) is 0 Å². The van der Waals surface area contributed by atoms with E-state index in [9.17, 15) is 18.0 Å². The van der Waals surface area contributed by atoms with Gasteiger partial charge in [0.1, 0.15) is 5.52 Å². The van der Waals surface area contributed by atoms with E-state index in [0.29, 0.717) is 12.5 Å². The van der Waals surface area contributed by atoms with Gasteiger partial charge in [0.15, 0.2) is 0 Å². The quantitative estimate of drug-likeness (QED) is 0.579. The van der Waals surface area contributed by atoms with Crippen molar-refractivity contribution in [1.82, 2.24) is 8.54 Å². The maximum atomic E-state index is 13.2. The number of pyridine rings is 1. The number of fused-ring (bicyclic) bond motifs is 1. The van der Waals surface area contributed by atoms with E-state index in [2.05, 4.69) is 0 Å². The van der Waals surface area contributed by atoms with Gasteiger partial charge in [0.05, 0.1) is 17.6 Å². The zero-order valence-corrected chi connectivity index (χ0v) is 17.1. The molecule has 4 rings (SSSR count). The lowest BCUT2D eigenvalue weighted by Gasteiger charge is -2.12. The molecule has 3 aromatic rings. The highest BCUT2D eigenvalue weighted by Gasteiger charge is 2.26. The average molecular weight is 414 g/mol. The van der Waals surface area contributed by atoms with E-state index >= 15 is 0 Å². The highest BCUT2D eigenvalue weighted by Crippen LogP contribution is 2.32. The molecule has 0 atom stereocenters.